The first-order valence-corrected chi connectivity index (χ1v) is 36.7. The molecule has 0 saturated heterocycles. The van der Waals surface area contributed by atoms with Crippen molar-refractivity contribution in [2.45, 2.75) is 158 Å². The number of nitrogen functional groups attached to an aromatic ring is 1. The number of anilines is 2. The molecule has 3 fully saturated rings. The first-order chi connectivity index (χ1) is 43.0. The third kappa shape index (κ3) is 24.1. The van der Waals surface area contributed by atoms with E-state index in [1.54, 1.807) is 59.9 Å². The van der Waals surface area contributed by atoms with Crippen LogP contribution in [0.1, 0.15) is 127 Å². The van der Waals surface area contributed by atoms with Crippen molar-refractivity contribution in [3.8, 4) is 0 Å². The Morgan fingerprint density at radius 3 is 1.29 bits per heavy atom. The van der Waals surface area contributed by atoms with Crippen LogP contribution in [-0.4, -0.2) is 81.4 Å². The molecular weight excluding hydrogens is 1330 g/mol. The van der Waals surface area contributed by atoms with Crippen LogP contribution in [0.25, 0.3) is 0 Å². The molecule has 28 heteroatoms. The Bertz CT molecular complexity index is 3920. The van der Waals surface area contributed by atoms with Crippen LogP contribution in [0.4, 0.5) is 10.3 Å². The van der Waals surface area contributed by atoms with Gasteiger partial charge in [0.25, 0.3) is 9.05 Å². The minimum absolute atomic E-state index is 0.0557. The van der Waals surface area contributed by atoms with Gasteiger partial charge in [-0.25, -0.2) is 44.7 Å². The van der Waals surface area contributed by atoms with E-state index in [1.807, 2.05) is 50.2 Å². The number of rotatable bonds is 16. The summed E-state index contributed by atoms with van der Waals surface area (Å²) in [4.78, 5) is 62.6. The van der Waals surface area contributed by atoms with Crippen molar-refractivity contribution < 1.29 is 49.2 Å². The number of carbonyl (C=O) groups is 1. The van der Waals surface area contributed by atoms with Gasteiger partial charge in [-0.3, -0.25) is 14.6 Å². The summed E-state index contributed by atoms with van der Waals surface area (Å²) in [5.74, 6) is 0.715. The summed E-state index contributed by atoms with van der Waals surface area (Å²) in [5.41, 5.74) is 18.6. The zero-order valence-corrected chi connectivity index (χ0v) is 57.3. The Morgan fingerprint density at radius 2 is 0.923 bits per heavy atom. The van der Waals surface area contributed by atoms with Crippen molar-refractivity contribution >= 4 is 114 Å². The van der Waals surface area contributed by atoms with Crippen LogP contribution >= 0.6 is 56.6 Å². The second-order valence-electron chi connectivity index (χ2n) is 22.9. The van der Waals surface area contributed by atoms with Gasteiger partial charge in [0, 0.05) is 74.8 Å². The van der Waals surface area contributed by atoms with Gasteiger partial charge in [-0.15, -0.1) is 22.7 Å². The Labute approximate surface area is 555 Å². The van der Waals surface area contributed by atoms with Crippen LogP contribution in [0.15, 0.2) is 136 Å². The van der Waals surface area contributed by atoms with E-state index in [1.165, 1.54) is 62.9 Å². The molecule has 0 unspecified atom stereocenters. The highest BCUT2D eigenvalue weighted by molar-refractivity contribution is 8.13. The topological polar surface area (TPSA) is 308 Å². The first-order valence-electron chi connectivity index (χ1n) is 29.0. The molecule has 0 radical (unpaired) electrons. The third-order valence-corrected chi connectivity index (χ3v) is 21.1. The van der Waals surface area contributed by atoms with Crippen LogP contribution in [0.2, 0.25) is 10.0 Å². The van der Waals surface area contributed by atoms with Crippen molar-refractivity contribution in [2.75, 3.05) is 11.1 Å². The third-order valence-electron chi connectivity index (χ3n) is 14.3. The average molecular weight is 1400 g/mol. The van der Waals surface area contributed by atoms with Gasteiger partial charge in [0.05, 0.1) is 44.6 Å². The van der Waals surface area contributed by atoms with Crippen molar-refractivity contribution in [1.82, 2.24) is 29.2 Å². The molecule has 4 heterocycles. The average Bonchev–Trinajstić information content (AvgIpc) is 1.75. The Kier molecular flexibility index (Phi) is 27.8. The van der Waals surface area contributed by atoms with Crippen LogP contribution in [-0.2, 0) is 85.7 Å². The van der Waals surface area contributed by atoms with Gasteiger partial charge in [0.2, 0.25) is 26.0 Å². The largest absolute Gasteiger partial charge is 0.375 e. The molecule has 20 nitrogen and oxygen atoms in total. The number of hydrogen-bond donors (Lipinski definition) is 5. The van der Waals surface area contributed by atoms with Gasteiger partial charge < -0.3 is 16.8 Å². The molecule has 488 valence electrons. The fourth-order valence-corrected chi connectivity index (χ4v) is 15.0. The summed E-state index contributed by atoms with van der Waals surface area (Å²) < 4.78 is 74.8. The summed E-state index contributed by atoms with van der Waals surface area (Å²) in [6.07, 6.45) is 6.87. The zero-order chi connectivity index (χ0) is 66.8. The number of benzene rings is 5. The molecule has 12 rings (SSSR count). The van der Waals surface area contributed by atoms with E-state index < -0.39 is 29.1 Å². The van der Waals surface area contributed by atoms with Crippen LogP contribution in [0.3, 0.4) is 0 Å². The molecule has 0 bridgehead atoms. The first kappa shape index (κ1) is 74.0. The maximum Gasteiger partial charge on any atom is 0.373 e. The molecule has 5 aromatic carbocycles. The predicted molar refractivity (Wildman–Crippen MR) is 353 cm³/mol. The number of carbonyl (C=O) groups excluding carboxylic acids is 5. The standard InChI is InChI=1S/C26H29ClN4O3S2.C15H18ClN3S.C10H13NO2S.C7H7ClO2S.C3H7N.2CO2/c1-16(2)25-24-22(15-31(25)14-18-3-7-19(27)8-4-18)35-26(29-24)28-23(32)13-17-5-11-21(12-6-17)36(33,34)30-20-9-10-20;1-9(2)14-13-12(20-15(17)18-13)8-19(14)7-10-3-5-11(16)6-4-10;1-8-2-6-10(7-3-8)14(12,13)11-9-4-5-9;1-6-2-4-7(5-3-6)11(8,9)10;4-3-1-2-3;2*2-1-3/h3-8,11-12,16,20,25,30H,9-10,13-15H2,1-2H3,(H,28,29,32);3-6,9,14H,7-8H2,1-2H3,(H2,17,18);2-3,6-7,9,11H,4-5H2,1H3;2-5H,1H3;3H,1-2,4H2;;/t25-;14-;;;;;/m00...../s1. The van der Waals surface area contributed by atoms with Gasteiger partial charge in [-0.2, -0.15) is 19.2 Å². The lowest BCUT2D eigenvalue weighted by molar-refractivity contribution is -0.193. The Morgan fingerprint density at radius 1 is 0.571 bits per heavy atom. The van der Waals surface area contributed by atoms with Gasteiger partial charge in [0.1, 0.15) is 0 Å². The van der Waals surface area contributed by atoms with Crippen LogP contribution in [0, 0.1) is 25.7 Å². The highest BCUT2D eigenvalue weighted by Crippen LogP contribution is 2.44. The summed E-state index contributed by atoms with van der Waals surface area (Å²) >= 11 is 15.1. The minimum Gasteiger partial charge on any atom is -0.375 e. The summed E-state index contributed by atoms with van der Waals surface area (Å²) in [5, 5.41) is 5.74. The molecule has 1 amide bonds. The quantitative estimate of drug-likeness (QED) is 0.0562. The predicted octanol–water partition coefficient (Wildman–Crippen LogP) is 11.5. The number of aromatic nitrogens is 2. The molecule has 91 heavy (non-hydrogen) atoms. The summed E-state index contributed by atoms with van der Waals surface area (Å²) in [6, 6.07) is 37.1. The fraction of sp³-hybridized carbons (Fsp3) is 0.381. The molecule has 2 atom stereocenters. The monoisotopic (exact) mass is 1400 g/mol. The highest BCUT2D eigenvalue weighted by Gasteiger charge is 2.38. The molecule has 0 spiro atoms. The number of fused-ring (bicyclic) bond motifs is 2. The lowest BCUT2D eigenvalue weighted by Gasteiger charge is -2.27. The highest BCUT2D eigenvalue weighted by atomic mass is 35.7. The van der Waals surface area contributed by atoms with E-state index in [-0.39, 0.29) is 52.5 Å². The molecule has 5 aliphatic rings. The molecule has 7 aromatic rings. The van der Waals surface area contributed by atoms with Crippen molar-refractivity contribution in [3.63, 3.8) is 0 Å². The lowest BCUT2D eigenvalue weighted by atomic mass is 10.0. The molecular formula is C63H74Cl3N9O11S5. The van der Waals surface area contributed by atoms with Crippen molar-refractivity contribution in [2.24, 2.45) is 17.6 Å². The number of nitrogens with zero attached hydrogens (tertiary/aromatic N) is 4. The molecule has 2 aromatic heterocycles. The summed E-state index contributed by atoms with van der Waals surface area (Å²) in [7, 11) is -5.23. The maximum absolute atomic E-state index is 12.7. The Balaban J connectivity index is 0.000000200. The smallest absolute Gasteiger partial charge is 0.373 e. The number of nitrogens with one attached hydrogen (secondary N) is 3. The van der Waals surface area contributed by atoms with Crippen molar-refractivity contribution in [1.29, 1.82) is 0 Å². The van der Waals surface area contributed by atoms with E-state index >= 15 is 0 Å². The number of aryl methyl sites for hydroxylation is 2. The number of sulfonamides is 2. The Hall–Kier alpha value is -6.09. The van der Waals surface area contributed by atoms with E-state index in [0.717, 1.165) is 84.3 Å². The van der Waals surface area contributed by atoms with Gasteiger partial charge in [0.15, 0.2) is 10.3 Å². The van der Waals surface area contributed by atoms with Gasteiger partial charge >= 0.3 is 12.3 Å². The number of nitrogens with two attached hydrogens (primary N) is 2. The lowest BCUT2D eigenvalue weighted by Crippen LogP contribution is -2.26. The normalized spacial score (nSPS) is 16.5. The molecule has 2 aliphatic heterocycles. The van der Waals surface area contributed by atoms with E-state index in [2.05, 4.69) is 81.5 Å². The van der Waals surface area contributed by atoms with E-state index in [9.17, 15) is 30.0 Å². The number of amides is 1. The van der Waals surface area contributed by atoms with Gasteiger partial charge in [-0.05, 0) is 142 Å². The van der Waals surface area contributed by atoms with Crippen LogP contribution < -0.4 is 26.2 Å². The number of halogens is 3. The van der Waals surface area contributed by atoms with E-state index in [4.69, 9.17) is 69.5 Å². The van der Waals surface area contributed by atoms with Crippen LogP contribution in [0.5, 0.6) is 0 Å². The maximum atomic E-state index is 12.7. The van der Waals surface area contributed by atoms with Gasteiger partial charge in [-0.1, -0.05) is 123 Å². The minimum atomic E-state index is -3.55. The molecule has 3 aliphatic carbocycles. The van der Waals surface area contributed by atoms with E-state index in [0.29, 0.717) is 39.1 Å². The molecule has 7 N–H and O–H groups in total. The number of hydrogen-bond acceptors (Lipinski definition) is 19. The molecule has 3 saturated carbocycles. The SMILES string of the molecule is CC(C)[C@H]1c2nc(N)sc2CN1Cc1ccc(Cl)cc1.CC(C)[C@H]1c2nc(NC(=O)Cc3ccc(S(=O)(=O)NC4CC4)cc3)sc2CN1Cc1ccc(Cl)cc1.Cc1ccc(S(=O)(=O)Cl)cc1.Cc1ccc(S(=O)(=O)NC2CC2)cc1.NC1CC1.O=C=O.O=C=O. The second kappa shape index (κ2) is 34.2. The zero-order valence-electron chi connectivity index (χ0n) is 51.0. The van der Waals surface area contributed by atoms with Crippen molar-refractivity contribution in [3.05, 3.63) is 180 Å². The summed E-state index contributed by atoms with van der Waals surface area (Å²) in [6.45, 7) is 16.1. The number of thiazole rings is 2. The fourth-order valence-electron chi connectivity index (χ4n) is 9.46. The second-order valence-corrected chi connectivity index (χ2v) is 31.9.